The molecule has 38 heavy (non-hydrogen) atoms. The Morgan fingerprint density at radius 1 is 0.711 bits per heavy atom. The van der Waals surface area contributed by atoms with E-state index >= 15 is 0 Å². The van der Waals surface area contributed by atoms with Gasteiger partial charge in [0, 0.05) is 16.0 Å². The fraction of sp³-hybridized carbons (Fsp3) is 0.0345. The first-order chi connectivity index (χ1) is 18.5. The molecular formula is C29H17Cl3N4OS. The molecule has 0 aliphatic rings. The monoisotopic (exact) mass is 574 g/mol. The molecule has 0 bridgehead atoms. The second kappa shape index (κ2) is 10.4. The normalized spacial score (nSPS) is 11.3. The van der Waals surface area contributed by atoms with E-state index in [0.29, 0.717) is 49.1 Å². The van der Waals surface area contributed by atoms with Crippen molar-refractivity contribution in [3.63, 3.8) is 0 Å². The van der Waals surface area contributed by atoms with Crippen LogP contribution in [-0.4, -0.2) is 19.5 Å². The van der Waals surface area contributed by atoms with Crippen molar-refractivity contribution in [3.05, 3.63) is 122 Å². The number of aromatic nitrogens is 4. The highest BCUT2D eigenvalue weighted by Crippen LogP contribution is 2.33. The van der Waals surface area contributed by atoms with E-state index < -0.39 is 0 Å². The van der Waals surface area contributed by atoms with Gasteiger partial charge in [-0.05, 0) is 48.5 Å². The SMILES string of the molecule is O=c1c2ccccc2nc(CSc2nc(-c3ccccc3)nc3ccc(Cl)cc23)n1-c1ccc(Cl)c(Cl)c1. The number of hydrogen-bond donors (Lipinski definition) is 0. The van der Waals surface area contributed by atoms with E-state index in [-0.39, 0.29) is 5.56 Å². The molecular weight excluding hydrogens is 559 g/mol. The summed E-state index contributed by atoms with van der Waals surface area (Å²) in [7, 11) is 0. The molecule has 5 nitrogen and oxygen atoms in total. The van der Waals surface area contributed by atoms with E-state index in [0.717, 1.165) is 21.5 Å². The summed E-state index contributed by atoms with van der Waals surface area (Å²) in [4.78, 5) is 28.1. The van der Waals surface area contributed by atoms with E-state index in [1.54, 1.807) is 28.8 Å². The molecule has 0 N–H and O–H groups in total. The summed E-state index contributed by atoms with van der Waals surface area (Å²) in [5.74, 6) is 1.51. The minimum Gasteiger partial charge on any atom is -0.268 e. The molecule has 0 radical (unpaired) electrons. The molecule has 0 aliphatic carbocycles. The highest BCUT2D eigenvalue weighted by Gasteiger charge is 2.17. The van der Waals surface area contributed by atoms with Crippen LogP contribution in [0.4, 0.5) is 0 Å². The summed E-state index contributed by atoms with van der Waals surface area (Å²) >= 11 is 20.3. The van der Waals surface area contributed by atoms with Crippen LogP contribution in [0.2, 0.25) is 15.1 Å². The molecule has 0 saturated heterocycles. The van der Waals surface area contributed by atoms with Crippen molar-refractivity contribution in [2.24, 2.45) is 0 Å². The first-order valence-electron chi connectivity index (χ1n) is 11.6. The quantitative estimate of drug-likeness (QED) is 0.153. The number of nitrogens with zero attached hydrogens (tertiary/aromatic N) is 4. The number of benzene rings is 4. The summed E-state index contributed by atoms with van der Waals surface area (Å²) < 4.78 is 1.58. The average molecular weight is 576 g/mol. The Kier molecular flexibility index (Phi) is 6.80. The highest BCUT2D eigenvalue weighted by atomic mass is 35.5. The number of fused-ring (bicyclic) bond motifs is 2. The van der Waals surface area contributed by atoms with Crippen molar-refractivity contribution >= 4 is 68.4 Å². The Balaban J connectivity index is 1.49. The highest BCUT2D eigenvalue weighted by molar-refractivity contribution is 7.98. The Bertz CT molecular complexity index is 1890. The van der Waals surface area contributed by atoms with E-state index in [1.807, 2.05) is 66.7 Å². The molecule has 0 atom stereocenters. The van der Waals surface area contributed by atoms with Crippen molar-refractivity contribution in [2.45, 2.75) is 10.8 Å². The molecule has 9 heteroatoms. The predicted molar refractivity (Wildman–Crippen MR) is 157 cm³/mol. The lowest BCUT2D eigenvalue weighted by Crippen LogP contribution is -2.23. The summed E-state index contributed by atoms with van der Waals surface area (Å²) in [6.45, 7) is 0. The average Bonchev–Trinajstić information content (AvgIpc) is 2.94. The summed E-state index contributed by atoms with van der Waals surface area (Å²) in [5.41, 5.74) is 2.69. The van der Waals surface area contributed by atoms with E-state index in [4.69, 9.17) is 49.8 Å². The first-order valence-corrected chi connectivity index (χ1v) is 13.7. The molecule has 4 aromatic carbocycles. The zero-order valence-electron chi connectivity index (χ0n) is 19.6. The molecule has 6 rings (SSSR count). The van der Waals surface area contributed by atoms with Crippen LogP contribution in [0.1, 0.15) is 5.82 Å². The summed E-state index contributed by atoms with van der Waals surface area (Å²) in [6.07, 6.45) is 0. The van der Waals surface area contributed by atoms with Crippen LogP contribution >= 0.6 is 46.6 Å². The number of hydrogen-bond acceptors (Lipinski definition) is 5. The van der Waals surface area contributed by atoms with Crippen LogP contribution in [0.15, 0.2) is 101 Å². The van der Waals surface area contributed by atoms with Gasteiger partial charge in [0.25, 0.3) is 5.56 Å². The van der Waals surface area contributed by atoms with Crippen molar-refractivity contribution < 1.29 is 0 Å². The van der Waals surface area contributed by atoms with Crippen molar-refractivity contribution in [1.29, 1.82) is 0 Å². The van der Waals surface area contributed by atoms with Crippen LogP contribution in [0.25, 0.3) is 38.9 Å². The van der Waals surface area contributed by atoms with Gasteiger partial charge in [0.15, 0.2) is 5.82 Å². The molecule has 0 spiro atoms. The molecule has 2 heterocycles. The van der Waals surface area contributed by atoms with E-state index in [9.17, 15) is 4.79 Å². The van der Waals surface area contributed by atoms with Crippen LogP contribution in [0, 0.1) is 0 Å². The number of rotatable bonds is 5. The van der Waals surface area contributed by atoms with Gasteiger partial charge in [-0.25, -0.2) is 15.0 Å². The second-order valence-corrected chi connectivity index (χ2v) is 10.7. The fourth-order valence-electron chi connectivity index (χ4n) is 4.20. The lowest BCUT2D eigenvalue weighted by Gasteiger charge is -2.15. The molecule has 0 saturated carbocycles. The second-order valence-electron chi connectivity index (χ2n) is 8.45. The van der Waals surface area contributed by atoms with Gasteiger partial charge in [-0.1, -0.05) is 89.0 Å². The summed E-state index contributed by atoms with van der Waals surface area (Å²) in [5, 5.41) is 3.42. The van der Waals surface area contributed by atoms with Crippen LogP contribution in [-0.2, 0) is 5.75 Å². The van der Waals surface area contributed by atoms with E-state index in [1.165, 1.54) is 11.8 Å². The third-order valence-electron chi connectivity index (χ3n) is 6.00. The minimum absolute atomic E-state index is 0.190. The van der Waals surface area contributed by atoms with Gasteiger partial charge in [-0.3, -0.25) is 9.36 Å². The Hall–Kier alpha value is -3.42. The molecule has 0 fully saturated rings. The molecule has 2 aromatic heterocycles. The maximum atomic E-state index is 13.6. The summed E-state index contributed by atoms with van der Waals surface area (Å²) in [6, 6.07) is 27.7. The number of halogens is 3. The van der Waals surface area contributed by atoms with Crippen molar-refractivity contribution in [3.8, 4) is 17.1 Å². The molecule has 0 unspecified atom stereocenters. The van der Waals surface area contributed by atoms with Crippen LogP contribution in [0.3, 0.4) is 0 Å². The zero-order valence-corrected chi connectivity index (χ0v) is 22.7. The van der Waals surface area contributed by atoms with Crippen molar-refractivity contribution in [1.82, 2.24) is 19.5 Å². The van der Waals surface area contributed by atoms with Gasteiger partial charge < -0.3 is 0 Å². The molecule has 6 aromatic rings. The smallest absolute Gasteiger partial charge is 0.265 e. The Labute approximate surface area is 237 Å². The predicted octanol–water partition coefficient (Wildman–Crippen LogP) is 8.25. The lowest BCUT2D eigenvalue weighted by molar-refractivity contribution is 0.883. The maximum Gasteiger partial charge on any atom is 0.265 e. The van der Waals surface area contributed by atoms with Gasteiger partial charge in [0.1, 0.15) is 10.9 Å². The topological polar surface area (TPSA) is 60.7 Å². The third kappa shape index (κ3) is 4.76. The third-order valence-corrected chi connectivity index (χ3v) is 7.96. The standard InChI is InChI=1S/C29H17Cl3N4OS/c30-18-10-13-25-21(14-18)28(35-27(34-25)17-6-2-1-3-7-17)38-16-26-33-24-9-5-4-8-20(24)29(37)36(26)19-11-12-22(31)23(32)15-19/h1-15H,16H2. The largest absolute Gasteiger partial charge is 0.268 e. The zero-order chi connectivity index (χ0) is 26.2. The van der Waals surface area contributed by atoms with Gasteiger partial charge >= 0.3 is 0 Å². The van der Waals surface area contributed by atoms with Gasteiger partial charge in [-0.2, -0.15) is 0 Å². The maximum absolute atomic E-state index is 13.6. The van der Waals surface area contributed by atoms with Gasteiger partial charge in [0.05, 0.1) is 37.9 Å². The van der Waals surface area contributed by atoms with Gasteiger partial charge in [-0.15, -0.1) is 0 Å². The number of para-hydroxylation sites is 1. The van der Waals surface area contributed by atoms with Crippen molar-refractivity contribution in [2.75, 3.05) is 0 Å². The molecule has 186 valence electrons. The molecule has 0 aliphatic heterocycles. The minimum atomic E-state index is -0.190. The number of thioether (sulfide) groups is 1. The lowest BCUT2D eigenvalue weighted by atomic mass is 10.2. The Morgan fingerprint density at radius 2 is 1.47 bits per heavy atom. The van der Waals surface area contributed by atoms with E-state index in [2.05, 4.69) is 0 Å². The first kappa shape index (κ1) is 24.9. The van der Waals surface area contributed by atoms with Crippen LogP contribution < -0.4 is 5.56 Å². The van der Waals surface area contributed by atoms with Gasteiger partial charge in [0.2, 0.25) is 0 Å². The Morgan fingerprint density at radius 3 is 2.29 bits per heavy atom. The molecule has 0 amide bonds. The van der Waals surface area contributed by atoms with Crippen LogP contribution in [0.5, 0.6) is 0 Å². The fourth-order valence-corrected chi connectivity index (χ4v) is 5.59.